The summed E-state index contributed by atoms with van der Waals surface area (Å²) in [6, 6.07) is 9.24. The van der Waals surface area contributed by atoms with Crippen molar-refractivity contribution in [1.82, 2.24) is 19.9 Å². The summed E-state index contributed by atoms with van der Waals surface area (Å²) >= 11 is 5.81. The van der Waals surface area contributed by atoms with Crippen LogP contribution in [0, 0.1) is 0 Å². The minimum Gasteiger partial charge on any atom is -0.359 e. The summed E-state index contributed by atoms with van der Waals surface area (Å²) in [5.41, 5.74) is 0.744. The number of nitrogens with zero attached hydrogens (tertiary/aromatic N) is 2. The van der Waals surface area contributed by atoms with Gasteiger partial charge in [-0.1, -0.05) is 17.7 Å². The number of benzene rings is 1. The Morgan fingerprint density at radius 3 is 2.59 bits per heavy atom. The fraction of sp³-hybridized carbons (Fsp3) is 0.278. The maximum Gasteiger partial charge on any atom is 0.309 e. The van der Waals surface area contributed by atoms with Crippen molar-refractivity contribution in [3.05, 3.63) is 59.4 Å². The van der Waals surface area contributed by atoms with Crippen LogP contribution in [-0.2, 0) is 30.9 Å². The Balaban J connectivity index is 1.55. The number of nitrogens with one attached hydrogen (secondary N) is 2. The van der Waals surface area contributed by atoms with Crippen LogP contribution in [0.4, 0.5) is 0 Å². The second-order valence-electron chi connectivity index (χ2n) is 6.15. The summed E-state index contributed by atoms with van der Waals surface area (Å²) in [7, 11) is -3.83. The Hall–Kier alpha value is -2.53. The molecule has 3 rings (SSSR count). The molecule has 2 aromatic rings. The van der Waals surface area contributed by atoms with Crippen LogP contribution in [0.2, 0.25) is 5.02 Å². The van der Waals surface area contributed by atoms with Gasteiger partial charge in [-0.3, -0.25) is 14.6 Å². The summed E-state index contributed by atoms with van der Waals surface area (Å²) < 4.78 is 32.2. The largest absolute Gasteiger partial charge is 0.359 e. The van der Waals surface area contributed by atoms with Gasteiger partial charge >= 0.3 is 11.8 Å². The molecule has 29 heavy (non-hydrogen) atoms. The molecule has 154 valence electrons. The van der Waals surface area contributed by atoms with Crippen molar-refractivity contribution in [2.24, 2.45) is 0 Å². The highest BCUT2D eigenvalue weighted by molar-refractivity contribution is 7.89. The SMILES string of the molecule is O=C(NCc1cccnc1)C(=O)NC[C@@H]1OCCN1S(=O)(=O)c1ccc(Cl)cc1. The van der Waals surface area contributed by atoms with Crippen molar-refractivity contribution in [3.8, 4) is 0 Å². The van der Waals surface area contributed by atoms with Gasteiger partial charge < -0.3 is 15.4 Å². The second kappa shape index (κ2) is 9.31. The lowest BCUT2D eigenvalue weighted by atomic mass is 10.3. The molecule has 1 aromatic carbocycles. The molecule has 1 aliphatic rings. The van der Waals surface area contributed by atoms with Gasteiger partial charge in [0.2, 0.25) is 10.0 Å². The summed E-state index contributed by atoms with van der Waals surface area (Å²) in [4.78, 5) is 27.9. The van der Waals surface area contributed by atoms with Gasteiger partial charge in [-0.15, -0.1) is 0 Å². The van der Waals surface area contributed by atoms with E-state index >= 15 is 0 Å². The maximum absolute atomic E-state index is 12.8. The first-order valence-corrected chi connectivity index (χ1v) is 10.5. The van der Waals surface area contributed by atoms with Gasteiger partial charge in [0, 0.05) is 30.5 Å². The number of hydrogen-bond acceptors (Lipinski definition) is 6. The van der Waals surface area contributed by atoms with E-state index in [1.54, 1.807) is 24.5 Å². The average Bonchev–Trinajstić information content (AvgIpc) is 3.21. The summed E-state index contributed by atoms with van der Waals surface area (Å²) in [6.07, 6.45) is 2.26. The molecule has 0 unspecified atom stereocenters. The van der Waals surface area contributed by atoms with Crippen LogP contribution >= 0.6 is 11.6 Å². The van der Waals surface area contributed by atoms with Crippen LogP contribution in [0.3, 0.4) is 0 Å². The standard InChI is InChI=1S/C18H19ClN4O5S/c19-14-3-5-15(6-4-14)29(26,27)23-8-9-28-16(23)12-22-18(25)17(24)21-11-13-2-1-7-20-10-13/h1-7,10,16H,8-9,11-12H2,(H,21,24)(H,22,25)/t16-/m0/s1. The van der Waals surface area contributed by atoms with Gasteiger partial charge in [0.15, 0.2) is 0 Å². The predicted octanol–water partition coefficient (Wildman–Crippen LogP) is 0.515. The van der Waals surface area contributed by atoms with E-state index in [1.165, 1.54) is 24.3 Å². The number of hydrogen-bond donors (Lipinski definition) is 2. The number of halogens is 1. The van der Waals surface area contributed by atoms with Crippen LogP contribution in [-0.4, -0.2) is 55.4 Å². The molecule has 0 radical (unpaired) electrons. The van der Waals surface area contributed by atoms with Crippen molar-refractivity contribution in [2.75, 3.05) is 19.7 Å². The first-order valence-electron chi connectivity index (χ1n) is 8.72. The molecule has 1 aromatic heterocycles. The minimum atomic E-state index is -3.83. The van der Waals surface area contributed by atoms with Crippen LogP contribution in [0.25, 0.3) is 0 Å². The number of sulfonamides is 1. The number of ether oxygens (including phenoxy) is 1. The predicted molar refractivity (Wildman–Crippen MR) is 104 cm³/mol. The van der Waals surface area contributed by atoms with E-state index < -0.39 is 28.1 Å². The quantitative estimate of drug-likeness (QED) is 0.635. The van der Waals surface area contributed by atoms with Crippen molar-refractivity contribution in [3.63, 3.8) is 0 Å². The van der Waals surface area contributed by atoms with E-state index in [2.05, 4.69) is 15.6 Å². The van der Waals surface area contributed by atoms with E-state index in [-0.39, 0.29) is 31.1 Å². The molecule has 2 heterocycles. The minimum absolute atomic E-state index is 0.0675. The molecule has 0 spiro atoms. The fourth-order valence-corrected chi connectivity index (χ4v) is 4.35. The Bertz CT molecular complexity index is 970. The molecule has 1 atom stereocenters. The molecule has 0 saturated carbocycles. The van der Waals surface area contributed by atoms with E-state index in [1.807, 2.05) is 0 Å². The Morgan fingerprint density at radius 2 is 1.90 bits per heavy atom. The summed E-state index contributed by atoms with van der Waals surface area (Å²) in [6.45, 7) is 0.308. The van der Waals surface area contributed by atoms with Gasteiger partial charge in [-0.2, -0.15) is 4.31 Å². The van der Waals surface area contributed by atoms with Gasteiger partial charge in [0.05, 0.1) is 18.0 Å². The van der Waals surface area contributed by atoms with Crippen LogP contribution in [0.15, 0.2) is 53.7 Å². The van der Waals surface area contributed by atoms with Crippen molar-refractivity contribution in [1.29, 1.82) is 0 Å². The Morgan fingerprint density at radius 1 is 1.17 bits per heavy atom. The molecule has 0 aliphatic carbocycles. The third-order valence-corrected chi connectivity index (χ3v) is 6.34. The van der Waals surface area contributed by atoms with Gasteiger partial charge in [0.25, 0.3) is 0 Å². The second-order valence-corrected chi connectivity index (χ2v) is 8.48. The lowest BCUT2D eigenvalue weighted by molar-refractivity contribution is -0.139. The number of pyridine rings is 1. The summed E-state index contributed by atoms with van der Waals surface area (Å²) in [5.74, 6) is -1.72. The zero-order valence-corrected chi connectivity index (χ0v) is 16.8. The zero-order valence-electron chi connectivity index (χ0n) is 15.2. The maximum atomic E-state index is 12.8. The third-order valence-electron chi connectivity index (χ3n) is 4.18. The molecule has 11 heteroatoms. The molecule has 2 N–H and O–H groups in total. The van der Waals surface area contributed by atoms with Crippen LogP contribution < -0.4 is 10.6 Å². The Labute approximate surface area is 173 Å². The lowest BCUT2D eigenvalue weighted by Gasteiger charge is -2.22. The van der Waals surface area contributed by atoms with Gasteiger partial charge in [-0.25, -0.2) is 8.42 Å². The molecular formula is C18H19ClN4O5S. The number of carbonyl (C=O) groups excluding carboxylic acids is 2. The first kappa shape index (κ1) is 21.2. The van der Waals surface area contributed by atoms with E-state index in [4.69, 9.17) is 16.3 Å². The molecule has 1 saturated heterocycles. The molecule has 2 amide bonds. The highest BCUT2D eigenvalue weighted by atomic mass is 35.5. The fourth-order valence-electron chi connectivity index (χ4n) is 2.71. The van der Waals surface area contributed by atoms with Crippen molar-refractivity contribution >= 4 is 33.4 Å². The van der Waals surface area contributed by atoms with E-state index in [0.717, 1.165) is 9.87 Å². The van der Waals surface area contributed by atoms with Crippen molar-refractivity contribution < 1.29 is 22.7 Å². The molecule has 9 nitrogen and oxygen atoms in total. The van der Waals surface area contributed by atoms with Crippen molar-refractivity contribution in [2.45, 2.75) is 17.7 Å². The molecular weight excluding hydrogens is 420 g/mol. The van der Waals surface area contributed by atoms with E-state index in [0.29, 0.717) is 5.02 Å². The molecule has 1 fully saturated rings. The number of amides is 2. The number of aromatic nitrogens is 1. The van der Waals surface area contributed by atoms with Gasteiger partial charge in [0.1, 0.15) is 6.23 Å². The topological polar surface area (TPSA) is 118 Å². The zero-order chi connectivity index (χ0) is 20.9. The molecule has 1 aliphatic heterocycles. The molecule has 0 bridgehead atoms. The smallest absolute Gasteiger partial charge is 0.309 e. The monoisotopic (exact) mass is 438 g/mol. The summed E-state index contributed by atoms with van der Waals surface area (Å²) in [5, 5.41) is 5.29. The van der Waals surface area contributed by atoms with Gasteiger partial charge in [-0.05, 0) is 35.9 Å². The van der Waals surface area contributed by atoms with E-state index in [9.17, 15) is 18.0 Å². The van der Waals surface area contributed by atoms with Crippen LogP contribution in [0.1, 0.15) is 5.56 Å². The number of carbonyl (C=O) groups is 2. The highest BCUT2D eigenvalue weighted by Gasteiger charge is 2.36. The normalized spacial score (nSPS) is 17.1. The average molecular weight is 439 g/mol. The highest BCUT2D eigenvalue weighted by Crippen LogP contribution is 2.23. The third kappa shape index (κ3) is 5.30. The lowest BCUT2D eigenvalue weighted by Crippen LogP contribution is -2.47. The Kier molecular flexibility index (Phi) is 6.80. The van der Waals surface area contributed by atoms with Crippen LogP contribution in [0.5, 0.6) is 0 Å². The first-order chi connectivity index (χ1) is 13.9. The number of rotatable bonds is 6.